The average molecular weight is 207 g/mol. The summed E-state index contributed by atoms with van der Waals surface area (Å²) in [7, 11) is 0. The summed E-state index contributed by atoms with van der Waals surface area (Å²) in [6, 6.07) is 0.485. The molecule has 1 aromatic heterocycles. The third kappa shape index (κ3) is 1.68. The van der Waals surface area contributed by atoms with Crippen LogP contribution in [0.4, 0.5) is 0 Å². The Morgan fingerprint density at radius 1 is 1.40 bits per heavy atom. The van der Waals surface area contributed by atoms with E-state index in [4.69, 9.17) is 4.52 Å². The molecule has 0 amide bonds. The van der Waals surface area contributed by atoms with E-state index in [0.717, 1.165) is 38.4 Å². The molecule has 3 rings (SSSR count). The smallest absolute Gasteiger partial charge is 0.156 e. The lowest BCUT2D eigenvalue weighted by Gasteiger charge is -2.35. The minimum absolute atomic E-state index is 0.485. The van der Waals surface area contributed by atoms with Gasteiger partial charge in [0.05, 0.1) is 12.2 Å². The van der Waals surface area contributed by atoms with Gasteiger partial charge in [-0.1, -0.05) is 5.16 Å². The summed E-state index contributed by atoms with van der Waals surface area (Å²) in [5.74, 6) is 1.13. The first kappa shape index (κ1) is 9.36. The van der Waals surface area contributed by atoms with Gasteiger partial charge in [0.1, 0.15) is 0 Å². The van der Waals surface area contributed by atoms with Crippen LogP contribution in [0.5, 0.6) is 0 Å². The summed E-state index contributed by atoms with van der Waals surface area (Å²) < 4.78 is 5.41. The molecule has 1 saturated heterocycles. The van der Waals surface area contributed by atoms with Gasteiger partial charge in [-0.05, 0) is 19.3 Å². The molecule has 0 radical (unpaired) electrons. The SMILES string of the molecule is c1noc2c1CCCC2N1CCNCC1. The van der Waals surface area contributed by atoms with Gasteiger partial charge in [-0.25, -0.2) is 0 Å². The Hall–Kier alpha value is -0.870. The Labute approximate surface area is 89.6 Å². The Balaban J connectivity index is 1.82. The topological polar surface area (TPSA) is 41.3 Å². The van der Waals surface area contributed by atoms with Crippen LogP contribution in [-0.4, -0.2) is 36.2 Å². The molecule has 1 aromatic rings. The Bertz CT molecular complexity index is 330. The fraction of sp³-hybridized carbons (Fsp3) is 0.727. The van der Waals surface area contributed by atoms with Crippen molar-refractivity contribution in [2.45, 2.75) is 25.3 Å². The second-order valence-corrected chi connectivity index (χ2v) is 4.41. The fourth-order valence-corrected chi connectivity index (χ4v) is 2.69. The number of nitrogens with one attached hydrogen (secondary N) is 1. The van der Waals surface area contributed by atoms with Crippen LogP contribution in [0.1, 0.15) is 30.2 Å². The van der Waals surface area contributed by atoms with Crippen molar-refractivity contribution in [1.29, 1.82) is 0 Å². The number of aromatic nitrogens is 1. The zero-order valence-corrected chi connectivity index (χ0v) is 8.91. The third-order valence-electron chi connectivity index (χ3n) is 3.49. The number of rotatable bonds is 1. The lowest BCUT2D eigenvalue weighted by Crippen LogP contribution is -2.45. The monoisotopic (exact) mass is 207 g/mol. The maximum Gasteiger partial charge on any atom is 0.156 e. The van der Waals surface area contributed by atoms with Crippen molar-refractivity contribution in [3.05, 3.63) is 17.5 Å². The minimum Gasteiger partial charge on any atom is -0.359 e. The quantitative estimate of drug-likeness (QED) is 0.744. The van der Waals surface area contributed by atoms with E-state index in [1.807, 2.05) is 6.20 Å². The van der Waals surface area contributed by atoms with Gasteiger partial charge in [0.15, 0.2) is 5.76 Å². The standard InChI is InChI=1S/C11H17N3O/c1-2-9-8-13-15-11(9)10(3-1)14-6-4-12-5-7-14/h8,10,12H,1-7H2. The van der Waals surface area contributed by atoms with Crippen molar-refractivity contribution in [3.63, 3.8) is 0 Å². The van der Waals surface area contributed by atoms with Gasteiger partial charge in [-0.3, -0.25) is 4.90 Å². The molecule has 2 heterocycles. The Morgan fingerprint density at radius 2 is 2.27 bits per heavy atom. The van der Waals surface area contributed by atoms with Crippen molar-refractivity contribution in [1.82, 2.24) is 15.4 Å². The molecule has 1 unspecified atom stereocenters. The number of hydrogen-bond donors (Lipinski definition) is 1. The lowest BCUT2D eigenvalue weighted by atomic mass is 9.93. The van der Waals surface area contributed by atoms with E-state index >= 15 is 0 Å². The maximum atomic E-state index is 5.41. The normalized spacial score (nSPS) is 27.6. The number of hydrogen-bond acceptors (Lipinski definition) is 4. The molecule has 0 spiro atoms. The molecule has 0 bridgehead atoms. The minimum atomic E-state index is 0.485. The molecule has 82 valence electrons. The lowest BCUT2D eigenvalue weighted by molar-refractivity contribution is 0.131. The molecule has 1 aliphatic heterocycles. The number of piperazine rings is 1. The molecule has 2 aliphatic rings. The summed E-state index contributed by atoms with van der Waals surface area (Å²) in [5.41, 5.74) is 1.32. The molecular formula is C11H17N3O. The molecule has 0 saturated carbocycles. The average Bonchev–Trinajstić information content (AvgIpc) is 2.78. The van der Waals surface area contributed by atoms with E-state index in [2.05, 4.69) is 15.4 Å². The second-order valence-electron chi connectivity index (χ2n) is 4.41. The second kappa shape index (κ2) is 3.94. The molecule has 4 nitrogen and oxygen atoms in total. The first-order chi connectivity index (χ1) is 7.45. The van der Waals surface area contributed by atoms with E-state index in [-0.39, 0.29) is 0 Å². The Morgan fingerprint density at radius 3 is 3.13 bits per heavy atom. The van der Waals surface area contributed by atoms with Crippen LogP contribution in [-0.2, 0) is 6.42 Å². The van der Waals surface area contributed by atoms with Crippen molar-refractivity contribution >= 4 is 0 Å². The first-order valence-electron chi connectivity index (χ1n) is 5.83. The fourth-order valence-electron chi connectivity index (χ4n) is 2.69. The van der Waals surface area contributed by atoms with E-state index in [1.54, 1.807) is 0 Å². The van der Waals surface area contributed by atoms with E-state index in [1.165, 1.54) is 18.4 Å². The molecule has 15 heavy (non-hydrogen) atoms. The van der Waals surface area contributed by atoms with Crippen LogP contribution >= 0.6 is 0 Å². The summed E-state index contributed by atoms with van der Waals surface area (Å²) in [4.78, 5) is 2.53. The molecule has 1 N–H and O–H groups in total. The zero-order chi connectivity index (χ0) is 10.1. The third-order valence-corrected chi connectivity index (χ3v) is 3.49. The van der Waals surface area contributed by atoms with Crippen LogP contribution in [0.15, 0.2) is 10.7 Å². The summed E-state index contributed by atoms with van der Waals surface area (Å²) in [6.45, 7) is 4.45. The maximum absolute atomic E-state index is 5.41. The van der Waals surface area contributed by atoms with Crippen LogP contribution < -0.4 is 5.32 Å². The van der Waals surface area contributed by atoms with E-state index in [0.29, 0.717) is 6.04 Å². The number of aryl methyl sites for hydroxylation is 1. The highest BCUT2D eigenvalue weighted by Crippen LogP contribution is 2.33. The number of nitrogens with zero attached hydrogens (tertiary/aromatic N) is 2. The zero-order valence-electron chi connectivity index (χ0n) is 8.91. The van der Waals surface area contributed by atoms with Gasteiger partial charge in [-0.15, -0.1) is 0 Å². The summed E-state index contributed by atoms with van der Waals surface area (Å²) in [5, 5.41) is 7.32. The molecule has 0 aromatic carbocycles. The van der Waals surface area contributed by atoms with Gasteiger partial charge in [-0.2, -0.15) is 0 Å². The molecule has 1 fully saturated rings. The predicted molar refractivity (Wildman–Crippen MR) is 56.6 cm³/mol. The van der Waals surface area contributed by atoms with Crippen LogP contribution in [0.2, 0.25) is 0 Å². The van der Waals surface area contributed by atoms with Crippen molar-refractivity contribution < 1.29 is 4.52 Å². The largest absolute Gasteiger partial charge is 0.359 e. The van der Waals surface area contributed by atoms with Crippen molar-refractivity contribution in [2.75, 3.05) is 26.2 Å². The molecular weight excluding hydrogens is 190 g/mol. The summed E-state index contributed by atoms with van der Waals surface area (Å²) in [6.07, 6.45) is 5.52. The predicted octanol–water partition coefficient (Wildman–Crippen LogP) is 0.957. The molecule has 1 aliphatic carbocycles. The van der Waals surface area contributed by atoms with Crippen molar-refractivity contribution in [3.8, 4) is 0 Å². The first-order valence-corrected chi connectivity index (χ1v) is 5.83. The van der Waals surface area contributed by atoms with E-state index in [9.17, 15) is 0 Å². The Kier molecular flexibility index (Phi) is 2.46. The van der Waals surface area contributed by atoms with E-state index < -0.39 is 0 Å². The highest BCUT2D eigenvalue weighted by molar-refractivity contribution is 5.20. The van der Waals surface area contributed by atoms with Gasteiger partial charge < -0.3 is 9.84 Å². The van der Waals surface area contributed by atoms with Gasteiger partial charge in [0.25, 0.3) is 0 Å². The molecule has 1 atom stereocenters. The highest BCUT2D eigenvalue weighted by atomic mass is 16.5. The summed E-state index contributed by atoms with van der Waals surface area (Å²) >= 11 is 0. The van der Waals surface area contributed by atoms with Gasteiger partial charge >= 0.3 is 0 Å². The van der Waals surface area contributed by atoms with Crippen LogP contribution in [0.25, 0.3) is 0 Å². The molecule has 4 heteroatoms. The van der Waals surface area contributed by atoms with Crippen LogP contribution in [0, 0.1) is 0 Å². The highest BCUT2D eigenvalue weighted by Gasteiger charge is 2.30. The number of fused-ring (bicyclic) bond motifs is 1. The van der Waals surface area contributed by atoms with Crippen molar-refractivity contribution in [2.24, 2.45) is 0 Å². The van der Waals surface area contributed by atoms with Gasteiger partial charge in [0, 0.05) is 31.7 Å². The van der Waals surface area contributed by atoms with Gasteiger partial charge in [0.2, 0.25) is 0 Å². The van der Waals surface area contributed by atoms with Crippen LogP contribution in [0.3, 0.4) is 0 Å².